The van der Waals surface area contributed by atoms with Crippen LogP contribution >= 0.6 is 0 Å². The molecule has 0 aromatic heterocycles. The molecule has 7 heteroatoms. The fraction of sp³-hybridized carbons (Fsp3) is 0.387. The molecule has 0 unspecified atom stereocenters. The maximum Gasteiger partial charge on any atom is 0.217 e. The zero-order valence-corrected chi connectivity index (χ0v) is 21.8. The largest absolute Gasteiger partial charge is 0.392 e. The van der Waals surface area contributed by atoms with Crippen LogP contribution in [0.25, 0.3) is 11.1 Å². The lowest BCUT2D eigenvalue weighted by Crippen LogP contribution is -2.38. The molecule has 38 heavy (non-hydrogen) atoms. The van der Waals surface area contributed by atoms with Crippen molar-refractivity contribution in [3.05, 3.63) is 95.1 Å². The van der Waals surface area contributed by atoms with E-state index in [0.717, 1.165) is 59.3 Å². The normalized spacial score (nSPS) is 23.9. The van der Waals surface area contributed by atoms with E-state index >= 15 is 0 Å². The highest BCUT2D eigenvalue weighted by Crippen LogP contribution is 2.39. The topological polar surface area (TPSA) is 91.3 Å². The molecule has 0 radical (unpaired) electrons. The average molecular weight is 517 g/mol. The van der Waals surface area contributed by atoms with Gasteiger partial charge in [0.2, 0.25) is 5.91 Å². The van der Waals surface area contributed by atoms with Crippen molar-refractivity contribution >= 4 is 5.91 Å². The molecule has 3 aromatic carbocycles. The van der Waals surface area contributed by atoms with Gasteiger partial charge in [-0.25, -0.2) is 0 Å². The Labute approximate surface area is 224 Å². The van der Waals surface area contributed by atoms with Crippen LogP contribution in [0.2, 0.25) is 0 Å². The number of hydrogen-bond acceptors (Lipinski definition) is 6. The van der Waals surface area contributed by atoms with E-state index in [-0.39, 0.29) is 30.8 Å². The Kier molecular flexibility index (Phi) is 8.51. The second kappa shape index (κ2) is 12.2. The highest BCUT2D eigenvalue weighted by atomic mass is 16.7. The first-order valence-corrected chi connectivity index (χ1v) is 13.3. The van der Waals surface area contributed by atoms with E-state index in [9.17, 15) is 15.0 Å². The first kappa shape index (κ1) is 26.5. The van der Waals surface area contributed by atoms with Crippen LogP contribution < -0.4 is 5.32 Å². The monoisotopic (exact) mass is 516 g/mol. The van der Waals surface area contributed by atoms with Crippen molar-refractivity contribution in [2.75, 3.05) is 19.6 Å². The van der Waals surface area contributed by atoms with E-state index in [4.69, 9.17) is 9.47 Å². The second-order valence-corrected chi connectivity index (χ2v) is 10.3. The molecular formula is C31H36N2O5. The van der Waals surface area contributed by atoms with Crippen LogP contribution in [0.1, 0.15) is 54.4 Å². The molecule has 0 bridgehead atoms. The van der Waals surface area contributed by atoms with Crippen molar-refractivity contribution in [2.24, 2.45) is 0 Å². The summed E-state index contributed by atoms with van der Waals surface area (Å²) < 4.78 is 12.9. The molecule has 4 atom stereocenters. The average Bonchev–Trinajstić information content (AvgIpc) is 3.36. The Morgan fingerprint density at radius 1 is 0.974 bits per heavy atom. The molecular weight excluding hydrogens is 480 g/mol. The van der Waals surface area contributed by atoms with Crippen LogP contribution in [0.3, 0.4) is 0 Å². The highest BCUT2D eigenvalue weighted by molar-refractivity contribution is 5.73. The third-order valence-electron chi connectivity index (χ3n) is 7.31. The van der Waals surface area contributed by atoms with Crippen molar-refractivity contribution in [3.8, 4) is 11.1 Å². The van der Waals surface area contributed by atoms with Gasteiger partial charge in [0.05, 0.1) is 24.9 Å². The standard InChI is InChI=1S/C31H36N2O5/c1-21(35)32-17-23-3-2-4-27(15-23)24-9-11-26(12-10-24)31-37-29(19-33-14-13-28(36)18-33)16-30(38-31)25-7-5-22(20-34)6-8-25/h2-12,15,28-31,34,36H,13-14,16-20H2,1H3,(H,32,35)/t28-,29+,30-,31-/m0/s1. The van der Waals surface area contributed by atoms with Crippen LogP contribution in [-0.2, 0) is 27.4 Å². The van der Waals surface area contributed by atoms with Crippen LogP contribution in [0.5, 0.6) is 0 Å². The molecule has 200 valence electrons. The molecule has 2 fully saturated rings. The summed E-state index contributed by atoms with van der Waals surface area (Å²) in [6, 6.07) is 24.3. The Bertz CT molecular complexity index is 1210. The van der Waals surface area contributed by atoms with E-state index in [0.29, 0.717) is 13.1 Å². The number of β-amino-alcohol motifs (C(OH)–C–C–N with tert-alkyl or cyclic N) is 1. The summed E-state index contributed by atoms with van der Waals surface area (Å²) in [6.45, 7) is 4.34. The Hall–Kier alpha value is -3.07. The minimum absolute atomic E-state index is 0.0138. The Morgan fingerprint density at radius 3 is 2.42 bits per heavy atom. The number of ether oxygens (including phenoxy) is 2. The number of carbonyl (C=O) groups excluding carboxylic acids is 1. The quantitative estimate of drug-likeness (QED) is 0.418. The van der Waals surface area contributed by atoms with Crippen molar-refractivity contribution < 1.29 is 24.5 Å². The molecule has 2 aliphatic rings. The Morgan fingerprint density at radius 2 is 1.74 bits per heavy atom. The van der Waals surface area contributed by atoms with Gasteiger partial charge in [0.25, 0.3) is 0 Å². The van der Waals surface area contributed by atoms with Gasteiger partial charge < -0.3 is 25.0 Å². The lowest BCUT2D eigenvalue weighted by molar-refractivity contribution is -0.252. The fourth-order valence-electron chi connectivity index (χ4n) is 5.22. The zero-order chi connectivity index (χ0) is 26.5. The van der Waals surface area contributed by atoms with Gasteiger partial charge in [-0.3, -0.25) is 9.69 Å². The lowest BCUT2D eigenvalue weighted by atomic mass is 9.99. The van der Waals surface area contributed by atoms with Crippen molar-refractivity contribution in [3.63, 3.8) is 0 Å². The molecule has 0 spiro atoms. The third kappa shape index (κ3) is 6.67. The minimum Gasteiger partial charge on any atom is -0.392 e. The van der Waals surface area contributed by atoms with Crippen molar-refractivity contribution in [2.45, 2.75) is 57.5 Å². The van der Waals surface area contributed by atoms with Gasteiger partial charge in [0.15, 0.2) is 6.29 Å². The summed E-state index contributed by atoms with van der Waals surface area (Å²) >= 11 is 0. The number of amides is 1. The summed E-state index contributed by atoms with van der Waals surface area (Å²) in [7, 11) is 0. The summed E-state index contributed by atoms with van der Waals surface area (Å²) in [5, 5.41) is 22.3. The molecule has 2 aliphatic heterocycles. The van der Waals surface area contributed by atoms with E-state index < -0.39 is 6.29 Å². The predicted molar refractivity (Wildman–Crippen MR) is 145 cm³/mol. The van der Waals surface area contributed by atoms with Crippen molar-refractivity contribution in [1.82, 2.24) is 10.2 Å². The lowest BCUT2D eigenvalue weighted by Gasteiger charge is -2.37. The van der Waals surface area contributed by atoms with E-state index in [1.54, 1.807) is 0 Å². The van der Waals surface area contributed by atoms with E-state index in [1.807, 2.05) is 48.5 Å². The zero-order valence-electron chi connectivity index (χ0n) is 21.8. The predicted octanol–water partition coefficient (Wildman–Crippen LogP) is 4.09. The molecule has 2 heterocycles. The number of hydrogen-bond donors (Lipinski definition) is 3. The number of aliphatic hydroxyl groups excluding tert-OH is 2. The van der Waals surface area contributed by atoms with Gasteiger partial charge in [0.1, 0.15) is 0 Å². The fourth-order valence-corrected chi connectivity index (χ4v) is 5.22. The molecule has 3 N–H and O–H groups in total. The number of likely N-dealkylation sites (tertiary alicyclic amines) is 1. The second-order valence-electron chi connectivity index (χ2n) is 10.3. The number of nitrogens with one attached hydrogen (secondary N) is 1. The first-order valence-electron chi connectivity index (χ1n) is 13.3. The van der Waals surface area contributed by atoms with Crippen LogP contribution in [0.15, 0.2) is 72.8 Å². The summed E-state index contributed by atoms with van der Waals surface area (Å²) in [5.41, 5.74) is 6.09. The van der Waals surface area contributed by atoms with Gasteiger partial charge in [-0.2, -0.15) is 0 Å². The van der Waals surface area contributed by atoms with Crippen LogP contribution in [-0.4, -0.2) is 52.9 Å². The van der Waals surface area contributed by atoms with Gasteiger partial charge >= 0.3 is 0 Å². The Balaban J connectivity index is 1.33. The first-order chi connectivity index (χ1) is 18.5. The molecule has 3 aromatic rings. The third-order valence-corrected chi connectivity index (χ3v) is 7.31. The highest BCUT2D eigenvalue weighted by Gasteiger charge is 2.34. The SMILES string of the molecule is CC(=O)NCc1cccc(-c2ccc([C@H]3O[C@@H](CN4CC[C@H](O)C4)C[C@@H](c4ccc(CO)cc4)O3)cc2)c1. The minimum atomic E-state index is -0.510. The molecule has 2 saturated heterocycles. The van der Waals surface area contributed by atoms with Crippen LogP contribution in [0.4, 0.5) is 0 Å². The smallest absolute Gasteiger partial charge is 0.217 e. The van der Waals surface area contributed by atoms with Gasteiger partial charge in [-0.1, -0.05) is 66.7 Å². The van der Waals surface area contributed by atoms with E-state index in [2.05, 4.69) is 34.5 Å². The van der Waals surface area contributed by atoms with Crippen LogP contribution in [0, 0.1) is 0 Å². The molecule has 7 nitrogen and oxygen atoms in total. The van der Waals surface area contributed by atoms with E-state index in [1.165, 1.54) is 6.92 Å². The number of carbonyl (C=O) groups is 1. The molecule has 1 amide bonds. The summed E-state index contributed by atoms with van der Waals surface area (Å²) in [5.74, 6) is -0.0471. The van der Waals surface area contributed by atoms with Crippen molar-refractivity contribution in [1.29, 1.82) is 0 Å². The van der Waals surface area contributed by atoms with Gasteiger partial charge in [0, 0.05) is 45.1 Å². The van der Waals surface area contributed by atoms with Gasteiger partial charge in [-0.15, -0.1) is 0 Å². The molecule has 5 rings (SSSR count). The number of benzene rings is 3. The maximum absolute atomic E-state index is 11.3. The summed E-state index contributed by atoms with van der Waals surface area (Å²) in [6.07, 6.45) is 0.573. The number of nitrogens with zero attached hydrogens (tertiary/aromatic N) is 1. The maximum atomic E-state index is 11.3. The molecule has 0 aliphatic carbocycles. The number of rotatable bonds is 8. The van der Waals surface area contributed by atoms with Gasteiger partial charge in [-0.05, 0) is 40.3 Å². The summed E-state index contributed by atoms with van der Waals surface area (Å²) in [4.78, 5) is 13.5. The number of aliphatic hydroxyl groups is 2. The molecule has 0 saturated carbocycles.